The molecule has 0 aliphatic carbocycles. The van der Waals surface area contributed by atoms with Gasteiger partial charge in [-0.05, 0) is 44.4 Å². The van der Waals surface area contributed by atoms with E-state index in [1.165, 1.54) is 5.56 Å². The second-order valence-electron chi connectivity index (χ2n) is 5.77. The number of hydrogen-bond acceptors (Lipinski definition) is 3. The van der Waals surface area contributed by atoms with Gasteiger partial charge in [-0.15, -0.1) is 24.0 Å². The van der Waals surface area contributed by atoms with Crippen molar-refractivity contribution in [3.05, 3.63) is 29.8 Å². The Hall–Kier alpha value is -1.02. The number of aryl methyl sites for hydroxylation is 1. The lowest BCUT2D eigenvalue weighted by Crippen LogP contribution is -2.45. The van der Waals surface area contributed by atoms with Gasteiger partial charge in [0, 0.05) is 27.2 Å². The molecule has 0 fully saturated rings. The van der Waals surface area contributed by atoms with Crippen molar-refractivity contribution in [1.29, 1.82) is 0 Å². The van der Waals surface area contributed by atoms with Crippen LogP contribution in [0, 0.1) is 0 Å². The van der Waals surface area contributed by atoms with Gasteiger partial charge in [0.05, 0.1) is 12.7 Å². The van der Waals surface area contributed by atoms with E-state index >= 15 is 0 Å². The molecular weight excluding hydrogens is 405 g/mol. The van der Waals surface area contributed by atoms with Crippen molar-refractivity contribution in [2.24, 2.45) is 4.99 Å². The van der Waals surface area contributed by atoms with E-state index < -0.39 is 0 Å². The van der Waals surface area contributed by atoms with Crippen LogP contribution in [0.3, 0.4) is 0 Å². The van der Waals surface area contributed by atoms with Crippen molar-refractivity contribution in [3.63, 3.8) is 0 Å². The van der Waals surface area contributed by atoms with Gasteiger partial charge in [0.25, 0.3) is 0 Å². The summed E-state index contributed by atoms with van der Waals surface area (Å²) in [6.07, 6.45) is 2.03. The Morgan fingerprint density at radius 3 is 2.57 bits per heavy atom. The maximum absolute atomic E-state index is 5.38. The number of nitrogens with zero attached hydrogens (tertiary/aromatic N) is 1. The molecule has 6 heteroatoms. The van der Waals surface area contributed by atoms with E-state index in [4.69, 9.17) is 9.47 Å². The fourth-order valence-electron chi connectivity index (χ4n) is 1.92. The quantitative estimate of drug-likeness (QED) is 0.286. The van der Waals surface area contributed by atoms with Crippen LogP contribution in [-0.2, 0) is 11.2 Å². The van der Waals surface area contributed by atoms with Gasteiger partial charge >= 0.3 is 0 Å². The van der Waals surface area contributed by atoms with E-state index in [1.807, 2.05) is 26.0 Å². The molecule has 0 radical (unpaired) electrons. The number of rotatable bonds is 8. The normalized spacial score (nSPS) is 11.6. The first-order chi connectivity index (χ1) is 10.5. The number of hydrogen-bond donors (Lipinski definition) is 2. The number of methoxy groups -OCH3 is 2. The Morgan fingerprint density at radius 1 is 1.22 bits per heavy atom. The van der Waals surface area contributed by atoms with E-state index in [2.05, 4.69) is 27.8 Å². The van der Waals surface area contributed by atoms with Crippen molar-refractivity contribution in [2.75, 3.05) is 34.4 Å². The first-order valence-corrected chi connectivity index (χ1v) is 7.63. The number of benzene rings is 1. The molecule has 0 aliphatic heterocycles. The summed E-state index contributed by atoms with van der Waals surface area (Å²) in [4.78, 5) is 4.22. The third-order valence-corrected chi connectivity index (χ3v) is 3.53. The van der Waals surface area contributed by atoms with Crippen LogP contribution in [0.15, 0.2) is 29.3 Å². The van der Waals surface area contributed by atoms with E-state index in [0.29, 0.717) is 6.54 Å². The number of ether oxygens (including phenoxy) is 2. The predicted octanol–water partition coefficient (Wildman–Crippen LogP) is 2.84. The molecular formula is C17H30IN3O2. The average Bonchev–Trinajstić information content (AvgIpc) is 2.54. The van der Waals surface area contributed by atoms with Crippen LogP contribution < -0.4 is 15.4 Å². The second kappa shape index (κ2) is 11.5. The monoisotopic (exact) mass is 435 g/mol. The van der Waals surface area contributed by atoms with Crippen molar-refractivity contribution in [2.45, 2.75) is 32.3 Å². The Bertz CT molecular complexity index is 479. The van der Waals surface area contributed by atoms with Crippen molar-refractivity contribution >= 4 is 29.9 Å². The molecule has 1 rings (SSSR count). The molecule has 0 aromatic heterocycles. The molecule has 0 spiro atoms. The fraction of sp³-hybridized carbons (Fsp3) is 0.588. The summed E-state index contributed by atoms with van der Waals surface area (Å²) in [6.45, 7) is 5.65. The molecule has 0 saturated carbocycles. The summed E-state index contributed by atoms with van der Waals surface area (Å²) >= 11 is 0. The molecule has 2 N–H and O–H groups in total. The highest BCUT2D eigenvalue weighted by Crippen LogP contribution is 2.13. The van der Waals surface area contributed by atoms with Gasteiger partial charge in [-0.3, -0.25) is 4.99 Å². The van der Waals surface area contributed by atoms with E-state index in [-0.39, 0.29) is 29.6 Å². The third kappa shape index (κ3) is 9.00. The highest BCUT2D eigenvalue weighted by atomic mass is 127. The SMILES string of the molecule is CN=C(NCCCc1cccc(OC)c1)NCC(C)(C)OC.I. The molecule has 0 unspecified atom stereocenters. The summed E-state index contributed by atoms with van der Waals surface area (Å²) in [5, 5.41) is 6.59. The number of guanidine groups is 1. The zero-order chi connectivity index (χ0) is 16.4. The zero-order valence-corrected chi connectivity index (χ0v) is 17.1. The molecule has 0 aliphatic rings. The largest absolute Gasteiger partial charge is 0.497 e. The van der Waals surface area contributed by atoms with Crippen LogP contribution in [0.2, 0.25) is 0 Å². The molecule has 0 saturated heterocycles. The van der Waals surface area contributed by atoms with Crippen LogP contribution in [0.5, 0.6) is 5.75 Å². The molecule has 132 valence electrons. The van der Waals surface area contributed by atoms with Crippen LogP contribution in [-0.4, -0.2) is 45.9 Å². The van der Waals surface area contributed by atoms with Gasteiger partial charge in [0.1, 0.15) is 5.75 Å². The van der Waals surface area contributed by atoms with Gasteiger partial charge in [0.15, 0.2) is 5.96 Å². The van der Waals surface area contributed by atoms with Crippen LogP contribution in [0.1, 0.15) is 25.8 Å². The Labute approximate surface area is 157 Å². The third-order valence-electron chi connectivity index (χ3n) is 3.53. The molecule has 0 atom stereocenters. The molecule has 0 heterocycles. The number of halogens is 1. The maximum atomic E-state index is 5.38. The molecule has 1 aromatic carbocycles. The Balaban J connectivity index is 0.00000484. The van der Waals surface area contributed by atoms with E-state index in [1.54, 1.807) is 21.3 Å². The molecule has 23 heavy (non-hydrogen) atoms. The highest BCUT2D eigenvalue weighted by molar-refractivity contribution is 14.0. The molecule has 0 bridgehead atoms. The van der Waals surface area contributed by atoms with E-state index in [0.717, 1.165) is 31.1 Å². The summed E-state index contributed by atoms with van der Waals surface area (Å²) in [5.74, 6) is 1.71. The lowest BCUT2D eigenvalue weighted by molar-refractivity contribution is 0.0268. The van der Waals surface area contributed by atoms with Crippen LogP contribution in [0.4, 0.5) is 0 Å². The van der Waals surface area contributed by atoms with Crippen molar-refractivity contribution < 1.29 is 9.47 Å². The fourth-order valence-corrected chi connectivity index (χ4v) is 1.92. The number of aliphatic imine (C=N–C) groups is 1. The van der Waals surface area contributed by atoms with E-state index in [9.17, 15) is 0 Å². The topological polar surface area (TPSA) is 54.9 Å². The minimum absolute atomic E-state index is 0. The lowest BCUT2D eigenvalue weighted by Gasteiger charge is -2.24. The summed E-state index contributed by atoms with van der Waals surface area (Å²) in [6, 6.07) is 8.19. The minimum atomic E-state index is -0.210. The summed E-state index contributed by atoms with van der Waals surface area (Å²) in [7, 11) is 5.18. The second-order valence-corrected chi connectivity index (χ2v) is 5.77. The lowest BCUT2D eigenvalue weighted by atomic mass is 10.1. The predicted molar refractivity (Wildman–Crippen MR) is 107 cm³/mol. The van der Waals surface area contributed by atoms with Crippen molar-refractivity contribution in [3.8, 4) is 5.75 Å². The highest BCUT2D eigenvalue weighted by Gasteiger charge is 2.16. The smallest absolute Gasteiger partial charge is 0.191 e. The van der Waals surface area contributed by atoms with Crippen LogP contribution >= 0.6 is 24.0 Å². The Kier molecular flexibility index (Phi) is 11.0. The Morgan fingerprint density at radius 2 is 1.96 bits per heavy atom. The summed E-state index contributed by atoms with van der Waals surface area (Å²) < 4.78 is 10.6. The molecule has 0 amide bonds. The van der Waals surface area contributed by atoms with Gasteiger partial charge in [-0.2, -0.15) is 0 Å². The average molecular weight is 435 g/mol. The minimum Gasteiger partial charge on any atom is -0.497 e. The first kappa shape index (κ1) is 22.0. The maximum Gasteiger partial charge on any atom is 0.191 e. The first-order valence-electron chi connectivity index (χ1n) is 7.63. The van der Waals surface area contributed by atoms with Gasteiger partial charge in [0.2, 0.25) is 0 Å². The van der Waals surface area contributed by atoms with Gasteiger partial charge < -0.3 is 20.1 Å². The molecule has 1 aromatic rings. The zero-order valence-electron chi connectivity index (χ0n) is 14.8. The molecule has 5 nitrogen and oxygen atoms in total. The van der Waals surface area contributed by atoms with Crippen LogP contribution in [0.25, 0.3) is 0 Å². The van der Waals surface area contributed by atoms with Crippen molar-refractivity contribution in [1.82, 2.24) is 10.6 Å². The standard InChI is InChI=1S/C17H29N3O2.HI/c1-17(2,22-5)13-20-16(18-3)19-11-7-9-14-8-6-10-15(12-14)21-4;/h6,8,10,12H,7,9,11,13H2,1-5H3,(H2,18,19,20);1H. The number of nitrogens with one attached hydrogen (secondary N) is 2. The van der Waals surface area contributed by atoms with Gasteiger partial charge in [-0.1, -0.05) is 12.1 Å². The van der Waals surface area contributed by atoms with Gasteiger partial charge in [-0.25, -0.2) is 0 Å². The summed E-state index contributed by atoms with van der Waals surface area (Å²) in [5.41, 5.74) is 1.07.